The normalized spacial score (nSPS) is 17.4. The summed E-state index contributed by atoms with van der Waals surface area (Å²) in [5.41, 5.74) is 0. The van der Waals surface area contributed by atoms with Crippen LogP contribution in [0.1, 0.15) is 13.8 Å². The predicted octanol–water partition coefficient (Wildman–Crippen LogP) is 1.83. The fourth-order valence-corrected chi connectivity index (χ4v) is 3.98. The van der Waals surface area contributed by atoms with Gasteiger partial charge in [-0.2, -0.15) is 0 Å². The molecule has 0 aromatic carbocycles. The van der Waals surface area contributed by atoms with E-state index >= 15 is 0 Å². The standard InChI is InChI=1S/C11H29N2S/c1-11(2)8-13(5,9-12(3)4)10-14(6)7/h11,14H,8-10H2,1-7H3/q+1. The highest BCUT2D eigenvalue weighted by Crippen LogP contribution is 2.21. The molecule has 0 radical (unpaired) electrons. The van der Waals surface area contributed by atoms with E-state index in [-0.39, 0.29) is 10.9 Å². The summed E-state index contributed by atoms with van der Waals surface area (Å²) >= 11 is 0. The van der Waals surface area contributed by atoms with Gasteiger partial charge in [0.25, 0.3) is 0 Å². The molecule has 3 heteroatoms. The lowest BCUT2D eigenvalue weighted by molar-refractivity contribution is -0.909. The second kappa shape index (κ2) is 5.99. The summed E-state index contributed by atoms with van der Waals surface area (Å²) < 4.78 is 1.20. The van der Waals surface area contributed by atoms with Crippen LogP contribution in [0.3, 0.4) is 0 Å². The Kier molecular flexibility index (Phi) is 6.10. The molecule has 1 atom stereocenters. The van der Waals surface area contributed by atoms with E-state index in [0.29, 0.717) is 0 Å². The average Bonchev–Trinajstić information content (AvgIpc) is 1.76. The van der Waals surface area contributed by atoms with Gasteiger partial charge in [0.15, 0.2) is 0 Å². The Morgan fingerprint density at radius 2 is 1.71 bits per heavy atom. The van der Waals surface area contributed by atoms with Gasteiger partial charge in [0.05, 0.1) is 13.6 Å². The predicted molar refractivity (Wildman–Crippen MR) is 70.1 cm³/mol. The maximum atomic E-state index is 2.39. The van der Waals surface area contributed by atoms with Crippen LogP contribution in [0.15, 0.2) is 0 Å². The first-order valence-corrected chi connectivity index (χ1v) is 7.80. The SMILES string of the molecule is CC(C)C[N+](C)(CN(C)C)C[SH](C)C. The van der Waals surface area contributed by atoms with Gasteiger partial charge in [-0.3, -0.25) is 4.90 Å². The lowest BCUT2D eigenvalue weighted by Crippen LogP contribution is -2.51. The lowest BCUT2D eigenvalue weighted by Gasteiger charge is -2.39. The summed E-state index contributed by atoms with van der Waals surface area (Å²) in [6.07, 6.45) is 4.75. The molecule has 0 saturated heterocycles. The molecule has 0 bridgehead atoms. The summed E-state index contributed by atoms with van der Waals surface area (Å²) in [6, 6.07) is 0. The molecular weight excluding hydrogens is 192 g/mol. The number of quaternary nitrogens is 1. The fraction of sp³-hybridized carbons (Fsp3) is 1.00. The van der Waals surface area contributed by atoms with Gasteiger partial charge in [0, 0.05) is 5.92 Å². The van der Waals surface area contributed by atoms with E-state index in [1.807, 2.05) is 0 Å². The Hall–Kier alpha value is 0.270. The fourth-order valence-electron chi connectivity index (χ4n) is 2.41. The van der Waals surface area contributed by atoms with Crippen LogP contribution in [0, 0.1) is 5.92 Å². The minimum atomic E-state index is 0.196. The number of rotatable bonds is 6. The quantitative estimate of drug-likeness (QED) is 0.407. The second-order valence-corrected chi connectivity index (χ2v) is 8.08. The molecule has 1 unspecified atom stereocenters. The van der Waals surface area contributed by atoms with Gasteiger partial charge < -0.3 is 4.48 Å². The molecule has 0 aliphatic carbocycles. The van der Waals surface area contributed by atoms with E-state index in [4.69, 9.17) is 0 Å². The molecule has 0 saturated carbocycles. The number of hydrogen-bond donors (Lipinski definition) is 1. The van der Waals surface area contributed by atoms with Crippen molar-refractivity contribution in [3.63, 3.8) is 0 Å². The van der Waals surface area contributed by atoms with Crippen molar-refractivity contribution in [2.75, 3.05) is 52.7 Å². The lowest BCUT2D eigenvalue weighted by atomic mass is 10.2. The van der Waals surface area contributed by atoms with Gasteiger partial charge in [-0.15, -0.1) is 0 Å². The van der Waals surface area contributed by atoms with Crippen molar-refractivity contribution in [3.8, 4) is 0 Å². The molecule has 14 heavy (non-hydrogen) atoms. The highest BCUT2D eigenvalue weighted by molar-refractivity contribution is 8.15. The monoisotopic (exact) mass is 221 g/mol. The molecule has 2 nitrogen and oxygen atoms in total. The maximum Gasteiger partial charge on any atom is 0.134 e. The van der Waals surface area contributed by atoms with Gasteiger partial charge in [-0.1, -0.05) is 13.8 Å². The number of hydrogen-bond acceptors (Lipinski definition) is 1. The van der Waals surface area contributed by atoms with Crippen LogP contribution in [0.5, 0.6) is 0 Å². The van der Waals surface area contributed by atoms with E-state index in [1.165, 1.54) is 23.6 Å². The first kappa shape index (κ1) is 14.3. The van der Waals surface area contributed by atoms with Crippen LogP contribution in [-0.2, 0) is 0 Å². The zero-order valence-corrected chi connectivity index (χ0v) is 11.9. The van der Waals surface area contributed by atoms with E-state index in [9.17, 15) is 0 Å². The van der Waals surface area contributed by atoms with Crippen molar-refractivity contribution in [3.05, 3.63) is 0 Å². The minimum absolute atomic E-state index is 0.196. The van der Waals surface area contributed by atoms with E-state index in [1.54, 1.807) is 0 Å². The molecule has 0 fully saturated rings. The minimum Gasteiger partial charge on any atom is -0.306 e. The van der Waals surface area contributed by atoms with Crippen molar-refractivity contribution in [2.24, 2.45) is 5.92 Å². The van der Waals surface area contributed by atoms with Crippen molar-refractivity contribution >= 4 is 10.9 Å². The Morgan fingerprint density at radius 3 is 2.00 bits per heavy atom. The summed E-state index contributed by atoms with van der Waals surface area (Å²) in [5.74, 6) is 2.13. The van der Waals surface area contributed by atoms with Gasteiger partial charge >= 0.3 is 0 Å². The molecule has 0 N–H and O–H groups in total. The summed E-state index contributed by atoms with van der Waals surface area (Å²) in [5, 5.41) is 0. The Bertz CT molecular complexity index is 129. The Balaban J connectivity index is 4.32. The highest BCUT2D eigenvalue weighted by atomic mass is 32.2. The van der Waals surface area contributed by atoms with Gasteiger partial charge in [0.1, 0.15) is 12.5 Å². The second-order valence-electron chi connectivity index (χ2n) is 5.64. The van der Waals surface area contributed by atoms with Crippen molar-refractivity contribution < 1.29 is 4.48 Å². The molecule has 88 valence electrons. The summed E-state index contributed by atoms with van der Waals surface area (Å²) in [6.45, 7) is 7.09. The van der Waals surface area contributed by atoms with Crippen molar-refractivity contribution in [2.45, 2.75) is 13.8 Å². The van der Waals surface area contributed by atoms with Crippen molar-refractivity contribution in [1.82, 2.24) is 4.90 Å². The Morgan fingerprint density at radius 1 is 1.21 bits per heavy atom. The van der Waals surface area contributed by atoms with Gasteiger partial charge in [0.2, 0.25) is 0 Å². The molecule has 0 rings (SSSR count). The first-order valence-electron chi connectivity index (χ1n) is 5.38. The molecule has 0 aromatic heterocycles. The summed E-state index contributed by atoms with van der Waals surface area (Å²) in [4.78, 5) is 2.31. The van der Waals surface area contributed by atoms with Crippen LogP contribution in [-0.4, -0.2) is 62.1 Å². The van der Waals surface area contributed by atoms with Crippen LogP contribution in [0.25, 0.3) is 0 Å². The molecule has 0 spiro atoms. The van der Waals surface area contributed by atoms with Crippen LogP contribution >= 0.6 is 10.9 Å². The number of nitrogens with zero attached hydrogens (tertiary/aromatic N) is 2. The van der Waals surface area contributed by atoms with E-state index in [2.05, 4.69) is 52.4 Å². The molecule has 0 heterocycles. The third kappa shape index (κ3) is 6.68. The van der Waals surface area contributed by atoms with Gasteiger partial charge in [-0.25, -0.2) is 10.9 Å². The Labute approximate surface area is 93.2 Å². The van der Waals surface area contributed by atoms with E-state index < -0.39 is 0 Å². The van der Waals surface area contributed by atoms with Crippen molar-refractivity contribution in [1.29, 1.82) is 0 Å². The third-order valence-electron chi connectivity index (χ3n) is 2.05. The van der Waals surface area contributed by atoms with Gasteiger partial charge in [-0.05, 0) is 26.6 Å². The highest BCUT2D eigenvalue weighted by Gasteiger charge is 2.24. The summed E-state index contributed by atoms with van der Waals surface area (Å²) in [7, 11) is 6.93. The van der Waals surface area contributed by atoms with Crippen LogP contribution < -0.4 is 0 Å². The van der Waals surface area contributed by atoms with Crippen LogP contribution in [0.2, 0.25) is 0 Å². The zero-order chi connectivity index (χ0) is 11.4. The zero-order valence-electron chi connectivity index (χ0n) is 11.0. The molecule has 0 aromatic rings. The molecule has 0 amide bonds. The molecule has 0 aliphatic heterocycles. The molecule has 0 aliphatic rings. The molecular formula is C11H29N2S+. The maximum absolute atomic E-state index is 2.39. The third-order valence-corrected chi connectivity index (χ3v) is 3.30. The largest absolute Gasteiger partial charge is 0.306 e. The van der Waals surface area contributed by atoms with Crippen LogP contribution in [0.4, 0.5) is 0 Å². The average molecular weight is 221 g/mol. The first-order chi connectivity index (χ1) is 6.25. The smallest absolute Gasteiger partial charge is 0.134 e. The topological polar surface area (TPSA) is 3.24 Å². The number of thiol groups is 1. The van der Waals surface area contributed by atoms with E-state index in [0.717, 1.165) is 5.92 Å².